The maximum absolute atomic E-state index is 5.20. The third-order valence-corrected chi connectivity index (χ3v) is 5.58. The lowest BCUT2D eigenvalue weighted by molar-refractivity contribution is 0.414. The maximum Gasteiger partial charge on any atom is 0.135 e. The molecule has 4 aromatic rings. The molecule has 0 aliphatic carbocycles. The fourth-order valence-electron chi connectivity index (χ4n) is 2.76. The molecular formula is C19H15BrN2OS. The molecule has 0 amide bonds. The second-order valence-electron chi connectivity index (χ2n) is 5.48. The average molecular weight is 399 g/mol. The van der Waals surface area contributed by atoms with Crippen LogP contribution in [0.15, 0.2) is 59.2 Å². The van der Waals surface area contributed by atoms with Crippen LogP contribution in [0.25, 0.3) is 20.2 Å². The molecule has 4 rings (SSSR count). The lowest BCUT2D eigenvalue weighted by Crippen LogP contribution is -2.01. The van der Waals surface area contributed by atoms with E-state index in [2.05, 4.69) is 62.6 Å². The zero-order valence-corrected chi connectivity index (χ0v) is 15.4. The summed E-state index contributed by atoms with van der Waals surface area (Å²) in [6, 6.07) is 16.5. The van der Waals surface area contributed by atoms with Crippen LogP contribution in [0.4, 0.5) is 5.82 Å². The summed E-state index contributed by atoms with van der Waals surface area (Å²) in [5, 5.41) is 5.91. The second-order valence-corrected chi connectivity index (χ2v) is 7.48. The summed E-state index contributed by atoms with van der Waals surface area (Å²) in [7, 11) is 1.68. The van der Waals surface area contributed by atoms with Crippen LogP contribution in [-0.4, -0.2) is 12.1 Å². The Labute approximate surface area is 152 Å². The summed E-state index contributed by atoms with van der Waals surface area (Å²) >= 11 is 5.34. The van der Waals surface area contributed by atoms with Crippen LogP contribution >= 0.6 is 27.3 Å². The Morgan fingerprint density at radius 3 is 2.71 bits per heavy atom. The van der Waals surface area contributed by atoms with E-state index in [-0.39, 0.29) is 0 Å². The number of hydrogen-bond acceptors (Lipinski definition) is 4. The van der Waals surface area contributed by atoms with Gasteiger partial charge in [0.05, 0.1) is 7.11 Å². The molecular weight excluding hydrogens is 384 g/mol. The van der Waals surface area contributed by atoms with E-state index in [1.807, 2.05) is 18.3 Å². The summed E-state index contributed by atoms with van der Waals surface area (Å²) < 4.78 is 8.81. The molecule has 1 N–H and O–H groups in total. The summed E-state index contributed by atoms with van der Waals surface area (Å²) in [6.45, 7) is 0.726. The summed E-state index contributed by atoms with van der Waals surface area (Å²) in [6.07, 6.45) is 1.86. The van der Waals surface area contributed by atoms with Gasteiger partial charge in [-0.1, -0.05) is 34.1 Å². The van der Waals surface area contributed by atoms with Crippen LogP contribution in [0.2, 0.25) is 0 Å². The number of nitrogens with one attached hydrogen (secondary N) is 1. The smallest absolute Gasteiger partial charge is 0.135 e. The topological polar surface area (TPSA) is 34.1 Å². The van der Waals surface area contributed by atoms with Gasteiger partial charge in [-0.25, -0.2) is 4.98 Å². The van der Waals surface area contributed by atoms with E-state index in [1.165, 1.54) is 25.7 Å². The van der Waals surface area contributed by atoms with Crippen LogP contribution in [0.5, 0.6) is 5.75 Å². The van der Waals surface area contributed by atoms with Gasteiger partial charge in [0.1, 0.15) is 11.6 Å². The maximum atomic E-state index is 5.20. The first-order valence-corrected chi connectivity index (χ1v) is 9.19. The number of pyridine rings is 1. The van der Waals surface area contributed by atoms with Crippen molar-refractivity contribution in [2.45, 2.75) is 6.54 Å². The molecule has 120 valence electrons. The number of halogens is 1. The van der Waals surface area contributed by atoms with Crippen LogP contribution in [0.3, 0.4) is 0 Å². The van der Waals surface area contributed by atoms with Gasteiger partial charge in [0.25, 0.3) is 0 Å². The number of methoxy groups -OCH3 is 1. The van der Waals surface area contributed by atoms with Gasteiger partial charge in [-0.15, -0.1) is 11.3 Å². The predicted octanol–water partition coefficient (Wildman–Crippen LogP) is 5.83. The molecule has 0 aliphatic rings. The zero-order chi connectivity index (χ0) is 16.5. The van der Waals surface area contributed by atoms with Crippen molar-refractivity contribution in [2.24, 2.45) is 0 Å². The van der Waals surface area contributed by atoms with Gasteiger partial charge in [0, 0.05) is 37.4 Å². The molecule has 0 aliphatic heterocycles. The molecule has 2 aromatic carbocycles. The number of ether oxygens (including phenoxy) is 1. The number of rotatable bonds is 4. The van der Waals surface area contributed by atoms with Crippen LogP contribution < -0.4 is 10.1 Å². The Hall–Kier alpha value is -2.11. The van der Waals surface area contributed by atoms with Gasteiger partial charge in [0.15, 0.2) is 0 Å². The average Bonchev–Trinajstić information content (AvgIpc) is 2.98. The largest absolute Gasteiger partial charge is 0.497 e. The first-order valence-electron chi connectivity index (χ1n) is 7.58. The molecule has 0 saturated heterocycles. The van der Waals surface area contributed by atoms with E-state index in [9.17, 15) is 0 Å². The molecule has 0 spiro atoms. The highest BCUT2D eigenvalue weighted by Crippen LogP contribution is 2.38. The Bertz CT molecular complexity index is 1010. The number of fused-ring (bicyclic) bond motifs is 3. The van der Waals surface area contributed by atoms with Gasteiger partial charge in [-0.2, -0.15) is 0 Å². The van der Waals surface area contributed by atoms with Crippen molar-refractivity contribution in [1.29, 1.82) is 0 Å². The van der Waals surface area contributed by atoms with Crippen LogP contribution in [0, 0.1) is 0 Å². The van der Waals surface area contributed by atoms with E-state index in [1.54, 1.807) is 18.4 Å². The molecule has 24 heavy (non-hydrogen) atoms. The zero-order valence-electron chi connectivity index (χ0n) is 13.0. The standard InChI is InChI=1S/C19H15BrN2OS/c1-23-14-5-2-12(3-6-14)11-22-19-18-15-7-4-13(20)10-17(15)24-16(18)8-9-21-19/h2-10H,11H2,1H3,(H,21,22). The molecule has 0 unspecified atom stereocenters. The molecule has 0 bridgehead atoms. The van der Waals surface area contributed by atoms with E-state index in [4.69, 9.17) is 4.74 Å². The fraction of sp³-hybridized carbons (Fsp3) is 0.105. The number of aromatic nitrogens is 1. The van der Waals surface area contributed by atoms with Gasteiger partial charge in [-0.3, -0.25) is 0 Å². The van der Waals surface area contributed by atoms with Crippen molar-refractivity contribution in [3.63, 3.8) is 0 Å². The van der Waals surface area contributed by atoms with Crippen molar-refractivity contribution >= 4 is 53.3 Å². The van der Waals surface area contributed by atoms with Crippen LogP contribution in [-0.2, 0) is 6.54 Å². The molecule has 0 fully saturated rings. The highest BCUT2D eigenvalue weighted by Gasteiger charge is 2.10. The molecule has 2 aromatic heterocycles. The van der Waals surface area contributed by atoms with Gasteiger partial charge in [-0.05, 0) is 35.9 Å². The van der Waals surface area contributed by atoms with Crippen molar-refractivity contribution in [3.05, 3.63) is 64.8 Å². The SMILES string of the molecule is COc1ccc(CNc2nccc3sc4cc(Br)ccc4c23)cc1. The van der Waals surface area contributed by atoms with Crippen molar-refractivity contribution in [2.75, 3.05) is 12.4 Å². The number of nitrogens with zero attached hydrogens (tertiary/aromatic N) is 1. The molecule has 5 heteroatoms. The normalized spacial score (nSPS) is 11.1. The van der Waals surface area contributed by atoms with E-state index in [0.717, 1.165) is 22.6 Å². The van der Waals surface area contributed by atoms with Gasteiger partial charge >= 0.3 is 0 Å². The Morgan fingerprint density at radius 2 is 1.92 bits per heavy atom. The van der Waals surface area contributed by atoms with Crippen molar-refractivity contribution < 1.29 is 4.74 Å². The first kappa shape index (κ1) is 15.4. The van der Waals surface area contributed by atoms with E-state index in [0.29, 0.717) is 0 Å². The van der Waals surface area contributed by atoms with Gasteiger partial charge < -0.3 is 10.1 Å². The molecule has 3 nitrogen and oxygen atoms in total. The molecule has 0 atom stereocenters. The third kappa shape index (κ3) is 2.85. The molecule has 2 heterocycles. The predicted molar refractivity (Wildman–Crippen MR) is 105 cm³/mol. The minimum absolute atomic E-state index is 0.726. The number of hydrogen-bond donors (Lipinski definition) is 1. The van der Waals surface area contributed by atoms with E-state index >= 15 is 0 Å². The minimum atomic E-state index is 0.726. The summed E-state index contributed by atoms with van der Waals surface area (Å²) in [4.78, 5) is 4.56. The lowest BCUT2D eigenvalue weighted by Gasteiger charge is -2.08. The molecule has 0 radical (unpaired) electrons. The first-order chi connectivity index (χ1) is 11.7. The highest BCUT2D eigenvalue weighted by atomic mass is 79.9. The Balaban J connectivity index is 1.69. The van der Waals surface area contributed by atoms with E-state index < -0.39 is 0 Å². The quantitative estimate of drug-likeness (QED) is 0.469. The number of thiophene rings is 1. The summed E-state index contributed by atoms with van der Waals surface area (Å²) in [5.41, 5.74) is 1.19. The lowest BCUT2D eigenvalue weighted by atomic mass is 10.1. The number of anilines is 1. The van der Waals surface area contributed by atoms with Crippen LogP contribution in [0.1, 0.15) is 5.56 Å². The monoisotopic (exact) mass is 398 g/mol. The van der Waals surface area contributed by atoms with Crippen molar-refractivity contribution in [3.8, 4) is 5.75 Å². The third-order valence-electron chi connectivity index (χ3n) is 3.96. The fourth-order valence-corrected chi connectivity index (χ4v) is 4.41. The second kappa shape index (κ2) is 6.42. The Kier molecular flexibility index (Phi) is 4.12. The number of benzene rings is 2. The van der Waals surface area contributed by atoms with Gasteiger partial charge in [0.2, 0.25) is 0 Å². The molecule has 0 saturated carbocycles. The Morgan fingerprint density at radius 1 is 1.08 bits per heavy atom. The minimum Gasteiger partial charge on any atom is -0.497 e. The summed E-state index contributed by atoms with van der Waals surface area (Å²) in [5.74, 6) is 1.80. The highest BCUT2D eigenvalue weighted by molar-refractivity contribution is 9.10. The van der Waals surface area contributed by atoms with Crippen molar-refractivity contribution in [1.82, 2.24) is 4.98 Å².